The fourth-order valence-electron chi connectivity index (χ4n) is 3.46. The van der Waals surface area contributed by atoms with Gasteiger partial charge in [-0.05, 0) is 29.8 Å². The van der Waals surface area contributed by atoms with Crippen LogP contribution in [0.1, 0.15) is 22.3 Å². The highest BCUT2D eigenvalue weighted by molar-refractivity contribution is 7.92. The summed E-state index contributed by atoms with van der Waals surface area (Å²) >= 11 is 0. The van der Waals surface area contributed by atoms with Crippen molar-refractivity contribution in [1.82, 2.24) is 20.2 Å². The number of aromatic amines is 1. The van der Waals surface area contributed by atoms with Crippen molar-refractivity contribution in [2.24, 2.45) is 5.73 Å². The highest BCUT2D eigenvalue weighted by Gasteiger charge is 2.30. The first-order valence-corrected chi connectivity index (χ1v) is 13.1. The molecule has 5 N–H and O–H groups in total. The third-order valence-electron chi connectivity index (χ3n) is 5.32. The molecule has 0 unspecified atom stereocenters. The number of anilines is 3. The van der Waals surface area contributed by atoms with E-state index in [0.29, 0.717) is 5.56 Å². The van der Waals surface area contributed by atoms with Gasteiger partial charge in [-0.1, -0.05) is 18.2 Å². The molecule has 40 heavy (non-hydrogen) atoms. The highest BCUT2D eigenvalue weighted by atomic mass is 32.2. The molecule has 0 aliphatic heterocycles. The molecular weight excluding hydrogens is 558 g/mol. The van der Waals surface area contributed by atoms with Crippen LogP contribution >= 0.6 is 0 Å². The molecule has 0 aliphatic carbocycles. The van der Waals surface area contributed by atoms with Gasteiger partial charge in [0.2, 0.25) is 10.0 Å². The molecule has 0 atom stereocenters. The van der Waals surface area contributed by atoms with Crippen molar-refractivity contribution in [1.29, 1.82) is 0 Å². The molecule has 1 amide bonds. The summed E-state index contributed by atoms with van der Waals surface area (Å²) in [4.78, 5) is 20.3. The highest BCUT2D eigenvalue weighted by Crippen LogP contribution is 2.35. The lowest BCUT2D eigenvalue weighted by Crippen LogP contribution is -2.22. The number of nitrogens with zero attached hydrogens (tertiary/aromatic N) is 3. The Hall–Kier alpha value is -4.73. The fraction of sp³-hybridized carbons (Fsp3) is 0.167. The molecule has 4 aromatic rings. The molecule has 2 aromatic heterocycles. The summed E-state index contributed by atoms with van der Waals surface area (Å²) in [5, 5.41) is 9.57. The van der Waals surface area contributed by atoms with Gasteiger partial charge in [-0.25, -0.2) is 17.8 Å². The summed E-state index contributed by atoms with van der Waals surface area (Å²) in [7, 11) is -4.43. The van der Waals surface area contributed by atoms with E-state index in [1.807, 2.05) is 0 Å². The van der Waals surface area contributed by atoms with Gasteiger partial charge in [-0.3, -0.25) is 19.6 Å². The van der Waals surface area contributed by atoms with Crippen LogP contribution in [0.2, 0.25) is 0 Å². The number of rotatable bonds is 11. The number of sulfonamides is 1. The molecule has 210 valence electrons. The Morgan fingerprint density at radius 1 is 1.10 bits per heavy atom. The van der Waals surface area contributed by atoms with Crippen LogP contribution in [-0.2, 0) is 16.6 Å². The number of carbonyl (C=O) groups is 1. The molecule has 4 rings (SSSR count). The van der Waals surface area contributed by atoms with Crippen LogP contribution in [0, 0.1) is 5.82 Å². The topological polar surface area (TPSA) is 165 Å². The number of H-pyrrole nitrogens is 1. The lowest BCUT2D eigenvalue weighted by Gasteiger charge is -2.16. The predicted molar refractivity (Wildman–Crippen MR) is 137 cm³/mol. The quantitative estimate of drug-likeness (QED) is 0.193. The van der Waals surface area contributed by atoms with E-state index < -0.39 is 40.1 Å². The van der Waals surface area contributed by atoms with E-state index in [1.165, 1.54) is 61.1 Å². The molecule has 0 aliphatic rings. The van der Waals surface area contributed by atoms with E-state index in [1.54, 1.807) is 0 Å². The zero-order valence-electron chi connectivity index (χ0n) is 20.4. The van der Waals surface area contributed by atoms with Crippen LogP contribution in [0.3, 0.4) is 0 Å². The average Bonchev–Trinajstić information content (AvgIpc) is 3.32. The molecule has 0 saturated heterocycles. The Labute approximate surface area is 224 Å². The Morgan fingerprint density at radius 3 is 2.50 bits per heavy atom. The van der Waals surface area contributed by atoms with Crippen molar-refractivity contribution in [2.75, 3.05) is 15.8 Å². The standard InChI is InChI=1S/C24H21F4N7O4S/c25-16-4-1-14(2-5-16)13-39-18-11-15(3-6-17(18)35-40(37,38)10-7-24(26,27)28)21-20(22(29)36)23(34-33-21)32-19-12-30-8-9-31-19/h1-6,8-9,11-12,35H,7,10,13H2,(H2,29,36)(H2,31,32,33,34). The Kier molecular flexibility index (Phi) is 8.18. The van der Waals surface area contributed by atoms with Gasteiger partial charge in [-0.15, -0.1) is 0 Å². The number of alkyl halides is 3. The number of hydrogen-bond donors (Lipinski definition) is 4. The third-order valence-corrected chi connectivity index (χ3v) is 6.59. The minimum atomic E-state index is -4.68. The monoisotopic (exact) mass is 579 g/mol. The second-order valence-electron chi connectivity index (χ2n) is 8.31. The van der Waals surface area contributed by atoms with Crippen molar-refractivity contribution in [3.8, 4) is 17.0 Å². The molecule has 2 aromatic carbocycles. The Balaban J connectivity index is 1.69. The van der Waals surface area contributed by atoms with Crippen molar-refractivity contribution < 1.29 is 35.5 Å². The van der Waals surface area contributed by atoms with Crippen molar-refractivity contribution >= 4 is 33.3 Å². The molecule has 11 nitrogen and oxygen atoms in total. The predicted octanol–water partition coefficient (Wildman–Crippen LogP) is 4.12. The molecule has 0 saturated carbocycles. The van der Waals surface area contributed by atoms with Crippen LogP contribution < -0.4 is 20.5 Å². The lowest BCUT2D eigenvalue weighted by molar-refractivity contribution is -0.129. The molecule has 0 radical (unpaired) electrons. The normalized spacial score (nSPS) is 11.7. The smallest absolute Gasteiger partial charge is 0.390 e. The zero-order valence-corrected chi connectivity index (χ0v) is 21.2. The maximum absolute atomic E-state index is 13.3. The van der Waals surface area contributed by atoms with E-state index in [9.17, 15) is 30.8 Å². The number of nitrogens with two attached hydrogens (primary N) is 1. The van der Waals surface area contributed by atoms with Gasteiger partial charge in [0.15, 0.2) is 5.82 Å². The van der Waals surface area contributed by atoms with Gasteiger partial charge < -0.3 is 15.8 Å². The number of benzene rings is 2. The number of hydrogen-bond acceptors (Lipinski definition) is 8. The minimum absolute atomic E-state index is 0.0358. The third kappa shape index (κ3) is 7.43. The number of amides is 1. The number of primary amides is 1. The lowest BCUT2D eigenvalue weighted by atomic mass is 10.1. The van der Waals surface area contributed by atoms with E-state index >= 15 is 0 Å². The second kappa shape index (κ2) is 11.6. The number of aromatic nitrogens is 4. The van der Waals surface area contributed by atoms with Crippen LogP contribution in [0.25, 0.3) is 11.3 Å². The molecule has 16 heteroatoms. The number of nitrogens with one attached hydrogen (secondary N) is 3. The first kappa shape index (κ1) is 28.3. The van der Waals surface area contributed by atoms with Crippen LogP contribution in [0.4, 0.5) is 34.9 Å². The summed E-state index contributed by atoms with van der Waals surface area (Å²) in [6.45, 7) is -0.147. The van der Waals surface area contributed by atoms with Crippen LogP contribution in [0.5, 0.6) is 5.75 Å². The van der Waals surface area contributed by atoms with Crippen molar-refractivity contribution in [3.63, 3.8) is 0 Å². The SMILES string of the molecule is NC(=O)c1c(Nc2cnccn2)n[nH]c1-c1ccc(NS(=O)(=O)CCC(F)(F)F)c(OCc2ccc(F)cc2)c1. The second-order valence-corrected chi connectivity index (χ2v) is 10.2. The molecule has 0 fully saturated rings. The van der Waals surface area contributed by atoms with E-state index in [2.05, 4.69) is 30.2 Å². The summed E-state index contributed by atoms with van der Waals surface area (Å²) < 4.78 is 83.8. The first-order valence-electron chi connectivity index (χ1n) is 11.4. The van der Waals surface area contributed by atoms with E-state index in [4.69, 9.17) is 10.5 Å². The van der Waals surface area contributed by atoms with Crippen LogP contribution in [0.15, 0.2) is 61.1 Å². The van der Waals surface area contributed by atoms with Gasteiger partial charge in [0.1, 0.15) is 29.6 Å². The van der Waals surface area contributed by atoms with E-state index in [-0.39, 0.29) is 46.5 Å². The molecule has 2 heterocycles. The summed E-state index contributed by atoms with van der Waals surface area (Å²) in [5.74, 6) is -2.33. The largest absolute Gasteiger partial charge is 0.487 e. The van der Waals surface area contributed by atoms with Gasteiger partial charge in [0, 0.05) is 18.0 Å². The van der Waals surface area contributed by atoms with Gasteiger partial charge >= 0.3 is 6.18 Å². The van der Waals surface area contributed by atoms with Crippen LogP contribution in [-0.4, -0.2) is 46.4 Å². The van der Waals surface area contributed by atoms with Gasteiger partial charge in [0.05, 0.1) is 29.8 Å². The maximum atomic E-state index is 13.3. The Bertz CT molecular complexity index is 1600. The molecular formula is C24H21F4N7O4S. The molecule has 0 bridgehead atoms. The number of carbonyl (C=O) groups excluding carboxylic acids is 1. The van der Waals surface area contributed by atoms with E-state index in [0.717, 1.165) is 0 Å². The van der Waals surface area contributed by atoms with Crippen molar-refractivity contribution in [3.05, 3.63) is 78.0 Å². The molecule has 0 spiro atoms. The first-order chi connectivity index (χ1) is 18.9. The summed E-state index contributed by atoms with van der Waals surface area (Å²) in [5.41, 5.74) is 6.31. The maximum Gasteiger partial charge on any atom is 0.390 e. The minimum Gasteiger partial charge on any atom is -0.487 e. The van der Waals surface area contributed by atoms with Gasteiger partial charge in [0.25, 0.3) is 5.91 Å². The van der Waals surface area contributed by atoms with Gasteiger partial charge in [-0.2, -0.15) is 18.3 Å². The number of halogens is 4. The summed E-state index contributed by atoms with van der Waals surface area (Å²) in [6, 6.07) is 9.27. The Morgan fingerprint density at radius 2 is 1.85 bits per heavy atom. The average molecular weight is 580 g/mol. The zero-order chi connectivity index (χ0) is 28.9. The fourth-order valence-corrected chi connectivity index (χ4v) is 4.56. The van der Waals surface area contributed by atoms with Crippen molar-refractivity contribution in [2.45, 2.75) is 19.2 Å². The summed E-state index contributed by atoms with van der Waals surface area (Å²) in [6.07, 6.45) is -1.98. The number of ether oxygens (including phenoxy) is 1.